The Morgan fingerprint density at radius 2 is 2.00 bits per heavy atom. The highest BCUT2D eigenvalue weighted by Crippen LogP contribution is 2.31. The van der Waals surface area contributed by atoms with Crippen molar-refractivity contribution in [2.24, 2.45) is 0 Å². The van der Waals surface area contributed by atoms with Gasteiger partial charge in [0.2, 0.25) is 0 Å². The lowest BCUT2D eigenvalue weighted by Gasteiger charge is -2.11. The summed E-state index contributed by atoms with van der Waals surface area (Å²) in [6.07, 6.45) is 1.19. The molecule has 21 heavy (non-hydrogen) atoms. The summed E-state index contributed by atoms with van der Waals surface area (Å²) in [5.74, 6) is -0.850. The molecule has 2 aromatic rings. The van der Waals surface area contributed by atoms with E-state index in [0.29, 0.717) is 11.3 Å². The zero-order valence-electron chi connectivity index (χ0n) is 11.4. The minimum absolute atomic E-state index is 0.0959. The number of carboxylic acid groups (broad SMARTS) is 1. The molecule has 1 N–H and O–H groups in total. The Bertz CT molecular complexity index is 727. The molecular formula is C14H12N2O5. The molecule has 2 rings (SSSR count). The molecule has 7 heteroatoms. The van der Waals surface area contributed by atoms with Crippen LogP contribution in [0.25, 0.3) is 0 Å². The molecule has 1 aromatic heterocycles. The number of hydrogen-bond acceptors (Lipinski definition) is 5. The van der Waals surface area contributed by atoms with Crippen molar-refractivity contribution in [2.45, 2.75) is 13.8 Å². The van der Waals surface area contributed by atoms with E-state index in [2.05, 4.69) is 4.98 Å². The van der Waals surface area contributed by atoms with Gasteiger partial charge in [-0.2, -0.15) is 0 Å². The molecule has 0 aliphatic carbocycles. The number of nitrogens with zero attached hydrogens (tertiary/aromatic N) is 2. The van der Waals surface area contributed by atoms with Gasteiger partial charge in [-0.15, -0.1) is 0 Å². The average Bonchev–Trinajstić information content (AvgIpc) is 2.40. The van der Waals surface area contributed by atoms with Gasteiger partial charge < -0.3 is 9.84 Å². The fourth-order valence-electron chi connectivity index (χ4n) is 1.71. The third-order valence-corrected chi connectivity index (χ3v) is 2.84. The Balaban J connectivity index is 2.47. The standard InChI is InChI=1S/C14H12N2O5/c1-8-3-4-10(16(19)20)6-12(8)21-13-5-9(2)15-7-11(13)14(17)18/h3-7H,1-2H3,(H,17,18). The van der Waals surface area contributed by atoms with Gasteiger partial charge in [0, 0.05) is 24.0 Å². The maximum atomic E-state index is 11.2. The predicted octanol–water partition coefficient (Wildman–Crippen LogP) is 3.10. The minimum Gasteiger partial charge on any atom is -0.477 e. The second kappa shape index (κ2) is 5.58. The van der Waals surface area contributed by atoms with Gasteiger partial charge in [0.1, 0.15) is 17.1 Å². The number of aryl methyl sites for hydroxylation is 2. The molecule has 1 heterocycles. The van der Waals surface area contributed by atoms with E-state index >= 15 is 0 Å². The summed E-state index contributed by atoms with van der Waals surface area (Å²) in [6.45, 7) is 3.41. The molecule has 108 valence electrons. The fraction of sp³-hybridized carbons (Fsp3) is 0.143. The van der Waals surface area contributed by atoms with Crippen LogP contribution < -0.4 is 4.74 Å². The summed E-state index contributed by atoms with van der Waals surface area (Å²) in [6, 6.07) is 5.64. The normalized spacial score (nSPS) is 10.2. The van der Waals surface area contributed by atoms with E-state index in [1.54, 1.807) is 19.9 Å². The zero-order valence-corrected chi connectivity index (χ0v) is 11.4. The summed E-state index contributed by atoms with van der Waals surface area (Å²) < 4.78 is 5.55. The van der Waals surface area contributed by atoms with Gasteiger partial charge in [0.25, 0.3) is 5.69 Å². The van der Waals surface area contributed by atoms with E-state index in [0.717, 1.165) is 0 Å². The highest BCUT2D eigenvalue weighted by Gasteiger charge is 2.16. The molecule has 0 spiro atoms. The van der Waals surface area contributed by atoms with Crippen molar-refractivity contribution in [3.63, 3.8) is 0 Å². The van der Waals surface area contributed by atoms with Crippen molar-refractivity contribution in [1.29, 1.82) is 0 Å². The van der Waals surface area contributed by atoms with Crippen LogP contribution in [0.15, 0.2) is 30.5 Å². The molecule has 0 aliphatic rings. The molecule has 0 bridgehead atoms. The Labute approximate surface area is 120 Å². The minimum atomic E-state index is -1.18. The van der Waals surface area contributed by atoms with Crippen LogP contribution in [0.2, 0.25) is 0 Å². The van der Waals surface area contributed by atoms with Crippen molar-refractivity contribution in [2.75, 3.05) is 0 Å². The molecule has 7 nitrogen and oxygen atoms in total. The maximum Gasteiger partial charge on any atom is 0.341 e. The first-order chi connectivity index (χ1) is 9.88. The first kappa shape index (κ1) is 14.4. The molecular weight excluding hydrogens is 276 g/mol. The summed E-state index contributed by atoms with van der Waals surface area (Å²) in [5, 5.41) is 19.9. The molecule has 0 saturated carbocycles. The summed E-state index contributed by atoms with van der Waals surface area (Å²) in [4.78, 5) is 25.3. The monoisotopic (exact) mass is 288 g/mol. The first-order valence-corrected chi connectivity index (χ1v) is 6.01. The Morgan fingerprint density at radius 1 is 1.29 bits per heavy atom. The highest BCUT2D eigenvalue weighted by molar-refractivity contribution is 5.90. The van der Waals surface area contributed by atoms with Gasteiger partial charge in [-0.05, 0) is 25.5 Å². The molecule has 0 fully saturated rings. The van der Waals surface area contributed by atoms with Crippen LogP contribution in [-0.2, 0) is 0 Å². The fourth-order valence-corrected chi connectivity index (χ4v) is 1.71. The van der Waals surface area contributed by atoms with Gasteiger partial charge in [0.15, 0.2) is 0 Å². The number of pyridine rings is 1. The number of rotatable bonds is 4. The predicted molar refractivity (Wildman–Crippen MR) is 73.8 cm³/mol. The lowest BCUT2D eigenvalue weighted by atomic mass is 10.2. The number of carbonyl (C=O) groups is 1. The Hall–Kier alpha value is -2.96. The van der Waals surface area contributed by atoms with Crippen LogP contribution in [-0.4, -0.2) is 21.0 Å². The number of hydrogen-bond donors (Lipinski definition) is 1. The molecule has 0 saturated heterocycles. The van der Waals surface area contributed by atoms with E-state index in [-0.39, 0.29) is 22.7 Å². The second-order valence-electron chi connectivity index (χ2n) is 4.44. The smallest absolute Gasteiger partial charge is 0.341 e. The number of nitro benzene ring substituents is 1. The summed E-state index contributed by atoms with van der Waals surface area (Å²) in [7, 11) is 0. The van der Waals surface area contributed by atoms with Crippen LogP contribution >= 0.6 is 0 Å². The number of aromatic carboxylic acids is 1. The highest BCUT2D eigenvalue weighted by atomic mass is 16.6. The molecule has 0 unspecified atom stereocenters. The van der Waals surface area contributed by atoms with Crippen LogP contribution in [0.3, 0.4) is 0 Å². The number of nitro groups is 1. The number of non-ortho nitro benzene ring substituents is 1. The summed E-state index contributed by atoms with van der Waals surface area (Å²) in [5.41, 5.74) is 1.01. The van der Waals surface area contributed by atoms with E-state index < -0.39 is 10.9 Å². The van der Waals surface area contributed by atoms with Crippen LogP contribution in [0.5, 0.6) is 11.5 Å². The number of aromatic nitrogens is 1. The van der Waals surface area contributed by atoms with Crippen LogP contribution in [0.1, 0.15) is 21.6 Å². The third kappa shape index (κ3) is 3.14. The molecule has 0 aliphatic heterocycles. The third-order valence-electron chi connectivity index (χ3n) is 2.84. The molecule has 0 amide bonds. The van der Waals surface area contributed by atoms with E-state index in [9.17, 15) is 14.9 Å². The lowest BCUT2D eigenvalue weighted by molar-refractivity contribution is -0.384. The van der Waals surface area contributed by atoms with Crippen molar-refractivity contribution in [3.8, 4) is 11.5 Å². The Kier molecular flexibility index (Phi) is 3.84. The number of ether oxygens (including phenoxy) is 1. The average molecular weight is 288 g/mol. The van der Waals surface area contributed by atoms with Crippen LogP contribution in [0.4, 0.5) is 5.69 Å². The topological polar surface area (TPSA) is 103 Å². The quantitative estimate of drug-likeness (QED) is 0.685. The van der Waals surface area contributed by atoms with Crippen LogP contribution in [0, 0.1) is 24.0 Å². The number of benzene rings is 1. The molecule has 1 aromatic carbocycles. The summed E-state index contributed by atoms with van der Waals surface area (Å²) >= 11 is 0. The maximum absolute atomic E-state index is 11.2. The van der Waals surface area contributed by atoms with Crippen molar-refractivity contribution in [1.82, 2.24) is 4.98 Å². The van der Waals surface area contributed by atoms with Gasteiger partial charge >= 0.3 is 5.97 Å². The van der Waals surface area contributed by atoms with Crippen molar-refractivity contribution in [3.05, 3.63) is 57.4 Å². The SMILES string of the molecule is Cc1cc(Oc2cc([N+](=O)[O-])ccc2C)c(C(=O)O)cn1. The van der Waals surface area contributed by atoms with Gasteiger partial charge in [-0.1, -0.05) is 0 Å². The van der Waals surface area contributed by atoms with Crippen molar-refractivity contribution >= 4 is 11.7 Å². The van der Waals surface area contributed by atoms with Crippen molar-refractivity contribution < 1.29 is 19.6 Å². The number of carboxylic acids is 1. The largest absolute Gasteiger partial charge is 0.477 e. The molecule has 0 radical (unpaired) electrons. The van der Waals surface area contributed by atoms with E-state index in [1.807, 2.05) is 0 Å². The van der Waals surface area contributed by atoms with E-state index in [4.69, 9.17) is 9.84 Å². The van der Waals surface area contributed by atoms with E-state index in [1.165, 1.54) is 24.4 Å². The second-order valence-corrected chi connectivity index (χ2v) is 4.44. The first-order valence-electron chi connectivity index (χ1n) is 6.01. The van der Waals surface area contributed by atoms with Gasteiger partial charge in [0.05, 0.1) is 11.0 Å². The Morgan fingerprint density at radius 3 is 2.62 bits per heavy atom. The molecule has 0 atom stereocenters. The zero-order chi connectivity index (χ0) is 15.6. The van der Waals surface area contributed by atoms with Gasteiger partial charge in [-0.25, -0.2) is 4.79 Å². The van der Waals surface area contributed by atoms with Gasteiger partial charge in [-0.3, -0.25) is 15.1 Å². The lowest BCUT2D eigenvalue weighted by Crippen LogP contribution is -2.02.